The second kappa shape index (κ2) is 19.3. The van der Waals surface area contributed by atoms with E-state index in [1.807, 2.05) is 24.3 Å². The van der Waals surface area contributed by atoms with Crippen LogP contribution in [0.4, 0.5) is 18.9 Å². The molecule has 0 bridgehead atoms. The maximum absolute atomic E-state index is 13.5. The molecule has 0 saturated heterocycles. The molecule has 8 nitrogen and oxygen atoms in total. The average Bonchev–Trinajstić information content (AvgIpc) is 3.00. The summed E-state index contributed by atoms with van der Waals surface area (Å²) in [5.41, 5.74) is 0.236. The van der Waals surface area contributed by atoms with Crippen molar-refractivity contribution in [1.82, 2.24) is 9.88 Å². The predicted octanol–water partition coefficient (Wildman–Crippen LogP) is 6.57. The van der Waals surface area contributed by atoms with E-state index in [4.69, 9.17) is 0 Å². The zero-order chi connectivity index (χ0) is 32.5. The molecule has 3 rings (SSSR count). The van der Waals surface area contributed by atoms with Crippen molar-refractivity contribution in [2.24, 2.45) is 0 Å². The molecule has 3 aromatic rings. The van der Waals surface area contributed by atoms with Gasteiger partial charge in [-0.15, -0.1) is 0 Å². The molecule has 1 heterocycles. The average molecular weight is 612 g/mol. The van der Waals surface area contributed by atoms with E-state index in [1.54, 1.807) is 32.4 Å². The fraction of sp³-hybridized carbons (Fsp3) is 0.400. The monoisotopic (exact) mass is 611 g/mol. The predicted molar refractivity (Wildman–Crippen MR) is 163 cm³/mol. The standard InChI is InChI=1S/C25H25F2N3O5.C3H8.CH3F.CH4S/c1-25(2,30(15-31)14-16-11-12-28-20-8-6-5-7-18(16)20)23(33)29(3)17-9-10-21(35-24(26)27)19(13-17)22(32)34-4;1-3-2;2*1-2/h5-13,15,24H,14H2,1-4H3;3H2,1-2H3;1H3;2H,1H3. The molecule has 0 radical (unpaired) electrons. The molecule has 2 amide bonds. The smallest absolute Gasteiger partial charge is 0.387 e. The van der Waals surface area contributed by atoms with Gasteiger partial charge < -0.3 is 19.3 Å². The third-order valence-corrected chi connectivity index (χ3v) is 5.73. The van der Waals surface area contributed by atoms with E-state index in [1.165, 1.54) is 35.4 Å². The van der Waals surface area contributed by atoms with Gasteiger partial charge in [-0.05, 0) is 56.0 Å². The molecule has 0 saturated carbocycles. The number of aromatic nitrogens is 1. The minimum atomic E-state index is -3.15. The minimum absolute atomic E-state index is 0.147. The van der Waals surface area contributed by atoms with E-state index in [-0.39, 0.29) is 23.5 Å². The largest absolute Gasteiger partial charge is 0.465 e. The highest BCUT2D eigenvalue weighted by atomic mass is 32.1. The van der Waals surface area contributed by atoms with Gasteiger partial charge in [-0.2, -0.15) is 21.4 Å². The molecular formula is C30H40F3N3O5S. The Hall–Kier alpha value is -3.80. The first-order chi connectivity index (χ1) is 20.0. The minimum Gasteiger partial charge on any atom is -0.465 e. The molecule has 2 aromatic carbocycles. The van der Waals surface area contributed by atoms with E-state index in [9.17, 15) is 27.6 Å². The molecule has 12 heteroatoms. The van der Waals surface area contributed by atoms with Crippen LogP contribution in [0.2, 0.25) is 0 Å². The Morgan fingerprint density at radius 1 is 1.07 bits per heavy atom. The summed E-state index contributed by atoms with van der Waals surface area (Å²) in [6.45, 7) is 4.44. The van der Waals surface area contributed by atoms with Crippen LogP contribution in [0.15, 0.2) is 54.7 Å². The van der Waals surface area contributed by atoms with Crippen LogP contribution in [0.1, 0.15) is 50.0 Å². The van der Waals surface area contributed by atoms with Gasteiger partial charge in [0, 0.05) is 30.9 Å². The zero-order valence-electron chi connectivity index (χ0n) is 25.2. The van der Waals surface area contributed by atoms with E-state index >= 15 is 0 Å². The Labute approximate surface area is 251 Å². The van der Waals surface area contributed by atoms with E-state index in [0.717, 1.165) is 29.6 Å². The Morgan fingerprint density at radius 2 is 1.67 bits per heavy atom. The van der Waals surface area contributed by atoms with Crippen LogP contribution in [-0.4, -0.2) is 67.9 Å². The number of carbonyl (C=O) groups is 3. The number of hydrogen-bond acceptors (Lipinski definition) is 7. The Balaban J connectivity index is 0.00000221. The van der Waals surface area contributed by atoms with Crippen LogP contribution < -0.4 is 9.64 Å². The number of carbonyl (C=O) groups excluding carboxylic acids is 3. The summed E-state index contributed by atoms with van der Waals surface area (Å²) >= 11 is 3.53. The van der Waals surface area contributed by atoms with Crippen molar-refractivity contribution in [1.29, 1.82) is 0 Å². The third-order valence-electron chi connectivity index (χ3n) is 5.73. The third kappa shape index (κ3) is 10.2. The lowest BCUT2D eigenvalue weighted by Gasteiger charge is -2.37. The Morgan fingerprint density at radius 3 is 2.21 bits per heavy atom. The highest BCUT2D eigenvalue weighted by Gasteiger charge is 2.37. The molecule has 0 fully saturated rings. The molecule has 0 spiro atoms. The quantitative estimate of drug-likeness (QED) is 0.167. The molecule has 42 heavy (non-hydrogen) atoms. The van der Waals surface area contributed by atoms with Crippen LogP contribution in [0, 0.1) is 0 Å². The number of pyridine rings is 1. The van der Waals surface area contributed by atoms with Gasteiger partial charge in [-0.1, -0.05) is 38.5 Å². The van der Waals surface area contributed by atoms with E-state index < -0.39 is 24.0 Å². The van der Waals surface area contributed by atoms with Gasteiger partial charge in [0.25, 0.3) is 5.91 Å². The van der Waals surface area contributed by atoms with Gasteiger partial charge in [0.15, 0.2) is 0 Å². The summed E-state index contributed by atoms with van der Waals surface area (Å²) in [5, 5.41) is 0.857. The van der Waals surface area contributed by atoms with Crippen molar-refractivity contribution in [2.45, 2.75) is 52.8 Å². The SMILES string of the molecule is CCC.CF.COC(=O)c1cc(N(C)C(=O)C(C)(C)N(C=O)Cc2ccnc3ccccc23)ccc1OC(F)F.CS. The van der Waals surface area contributed by atoms with Crippen molar-refractivity contribution in [3.63, 3.8) is 0 Å². The second-order valence-electron chi connectivity index (χ2n) is 8.90. The number of amides is 2. The number of thiol groups is 1. The van der Waals surface area contributed by atoms with Gasteiger partial charge in [-0.3, -0.25) is 19.0 Å². The lowest BCUT2D eigenvalue weighted by Crippen LogP contribution is -2.54. The summed E-state index contributed by atoms with van der Waals surface area (Å²) < 4.78 is 44.0. The number of alkyl halides is 3. The number of methoxy groups -OCH3 is 1. The van der Waals surface area contributed by atoms with Crippen molar-refractivity contribution in [3.05, 3.63) is 65.9 Å². The topological polar surface area (TPSA) is 89.0 Å². The van der Waals surface area contributed by atoms with Crippen molar-refractivity contribution >= 4 is 47.5 Å². The van der Waals surface area contributed by atoms with Crippen LogP contribution in [0.5, 0.6) is 5.75 Å². The lowest BCUT2D eigenvalue weighted by molar-refractivity contribution is -0.137. The number of para-hydroxylation sites is 1. The number of likely N-dealkylation sites (N-methyl/N-ethyl adjacent to an activating group) is 1. The van der Waals surface area contributed by atoms with Crippen LogP contribution in [-0.2, 0) is 20.9 Å². The normalized spacial score (nSPS) is 10.1. The molecule has 0 unspecified atom stereocenters. The maximum atomic E-state index is 13.5. The van der Waals surface area contributed by atoms with Gasteiger partial charge in [0.2, 0.25) is 6.41 Å². The summed E-state index contributed by atoms with van der Waals surface area (Å²) in [4.78, 5) is 44.6. The number of ether oxygens (including phenoxy) is 2. The van der Waals surface area contributed by atoms with Gasteiger partial charge in [0.1, 0.15) is 16.9 Å². The summed E-state index contributed by atoms with van der Waals surface area (Å²) in [5.74, 6) is -1.75. The highest BCUT2D eigenvalue weighted by molar-refractivity contribution is 7.79. The number of rotatable bonds is 9. The molecule has 0 N–H and O–H groups in total. The Kier molecular flexibility index (Phi) is 17.6. The number of hydrogen-bond donors (Lipinski definition) is 1. The first-order valence-corrected chi connectivity index (χ1v) is 13.7. The van der Waals surface area contributed by atoms with Crippen molar-refractivity contribution in [3.8, 4) is 5.75 Å². The zero-order valence-corrected chi connectivity index (χ0v) is 26.1. The number of anilines is 1. The fourth-order valence-corrected chi connectivity index (χ4v) is 3.69. The number of nitrogens with zero attached hydrogens (tertiary/aromatic N) is 3. The Bertz CT molecular complexity index is 1270. The molecule has 0 atom stereocenters. The first kappa shape index (κ1) is 38.2. The number of fused-ring (bicyclic) bond motifs is 1. The molecule has 1 aromatic heterocycles. The fourth-order valence-electron chi connectivity index (χ4n) is 3.69. The molecule has 0 aliphatic carbocycles. The van der Waals surface area contributed by atoms with Crippen LogP contribution in [0.25, 0.3) is 10.9 Å². The molecule has 0 aliphatic rings. The summed E-state index contributed by atoms with van der Waals surface area (Å²) in [6.07, 6.45) is 5.18. The number of halogens is 3. The van der Waals surface area contributed by atoms with Gasteiger partial charge >= 0.3 is 12.6 Å². The lowest BCUT2D eigenvalue weighted by atomic mass is 9.99. The number of esters is 1. The van der Waals surface area contributed by atoms with E-state index in [2.05, 4.69) is 40.9 Å². The number of benzene rings is 2. The van der Waals surface area contributed by atoms with Crippen molar-refractivity contribution < 1.29 is 37.0 Å². The van der Waals surface area contributed by atoms with Gasteiger partial charge in [-0.25, -0.2) is 4.79 Å². The van der Waals surface area contributed by atoms with E-state index in [0.29, 0.717) is 13.6 Å². The van der Waals surface area contributed by atoms with Crippen molar-refractivity contribution in [2.75, 3.05) is 32.5 Å². The summed E-state index contributed by atoms with van der Waals surface area (Å²) in [6, 6.07) is 13.0. The molecular weight excluding hydrogens is 571 g/mol. The van der Waals surface area contributed by atoms with Gasteiger partial charge in [0.05, 0.1) is 19.8 Å². The highest BCUT2D eigenvalue weighted by Crippen LogP contribution is 2.29. The molecule has 0 aliphatic heterocycles. The first-order valence-electron chi connectivity index (χ1n) is 12.8. The maximum Gasteiger partial charge on any atom is 0.387 e. The van der Waals surface area contributed by atoms with Crippen LogP contribution >= 0.6 is 12.6 Å². The summed E-state index contributed by atoms with van der Waals surface area (Å²) in [7, 11) is 3.06. The molecule has 232 valence electrons. The second-order valence-corrected chi connectivity index (χ2v) is 8.90. The van der Waals surface area contributed by atoms with Crippen LogP contribution in [0.3, 0.4) is 0 Å².